The van der Waals surface area contributed by atoms with E-state index in [1.165, 1.54) is 0 Å². The summed E-state index contributed by atoms with van der Waals surface area (Å²) >= 11 is 0. The van der Waals surface area contributed by atoms with Crippen LogP contribution >= 0.6 is 0 Å². The lowest BCUT2D eigenvalue weighted by Gasteiger charge is -2.00. The van der Waals surface area contributed by atoms with Crippen molar-refractivity contribution in [1.29, 1.82) is 0 Å². The average molecular weight is 218 g/mol. The molecule has 0 aliphatic carbocycles. The first-order valence-corrected chi connectivity index (χ1v) is 5.01. The van der Waals surface area contributed by atoms with Gasteiger partial charge in [-0.05, 0) is 12.0 Å². The van der Waals surface area contributed by atoms with Crippen LogP contribution in [0, 0.1) is 0 Å². The summed E-state index contributed by atoms with van der Waals surface area (Å²) in [6.07, 6.45) is 1.58. The van der Waals surface area contributed by atoms with Crippen LogP contribution < -0.4 is 11.5 Å². The van der Waals surface area contributed by atoms with Crippen molar-refractivity contribution in [3.63, 3.8) is 0 Å². The molecule has 0 aliphatic heterocycles. The third kappa shape index (κ3) is 1.81. The van der Waals surface area contributed by atoms with Gasteiger partial charge in [0.05, 0.1) is 11.3 Å². The minimum absolute atomic E-state index is 0.167. The standard InChI is InChI=1S/C10H14N6/c1-5(2)7-3-8(16-15-7)6-4-13-10(12)14-9(6)11/h3-5H,1-2H3,(H,15,16)(H4,11,12,13,14). The molecule has 0 unspecified atom stereocenters. The Hall–Kier alpha value is -2.11. The molecule has 0 aromatic carbocycles. The van der Waals surface area contributed by atoms with Crippen LogP contribution in [0.2, 0.25) is 0 Å². The van der Waals surface area contributed by atoms with Crippen LogP contribution in [-0.2, 0) is 0 Å². The number of rotatable bonds is 2. The van der Waals surface area contributed by atoms with Gasteiger partial charge in [0, 0.05) is 11.9 Å². The van der Waals surface area contributed by atoms with Gasteiger partial charge >= 0.3 is 0 Å². The zero-order chi connectivity index (χ0) is 11.7. The van der Waals surface area contributed by atoms with E-state index in [1.807, 2.05) is 6.07 Å². The lowest BCUT2D eigenvalue weighted by atomic mass is 10.1. The van der Waals surface area contributed by atoms with Gasteiger partial charge in [0.15, 0.2) is 0 Å². The summed E-state index contributed by atoms with van der Waals surface area (Å²) in [6, 6.07) is 1.94. The molecule has 0 fully saturated rings. The zero-order valence-electron chi connectivity index (χ0n) is 9.23. The Kier molecular flexibility index (Phi) is 2.47. The van der Waals surface area contributed by atoms with E-state index in [2.05, 4.69) is 34.0 Å². The van der Waals surface area contributed by atoms with Gasteiger partial charge in [0.25, 0.3) is 0 Å². The molecule has 0 bridgehead atoms. The van der Waals surface area contributed by atoms with E-state index in [-0.39, 0.29) is 5.95 Å². The van der Waals surface area contributed by atoms with Crippen molar-refractivity contribution >= 4 is 11.8 Å². The lowest BCUT2D eigenvalue weighted by molar-refractivity contribution is 0.811. The van der Waals surface area contributed by atoms with Crippen molar-refractivity contribution in [1.82, 2.24) is 20.2 Å². The summed E-state index contributed by atoms with van der Waals surface area (Å²) < 4.78 is 0. The number of H-pyrrole nitrogens is 1. The lowest BCUT2D eigenvalue weighted by Crippen LogP contribution is -2.01. The predicted molar refractivity (Wildman–Crippen MR) is 62.5 cm³/mol. The van der Waals surface area contributed by atoms with E-state index in [1.54, 1.807) is 6.20 Å². The van der Waals surface area contributed by atoms with Crippen LogP contribution in [0.25, 0.3) is 11.3 Å². The van der Waals surface area contributed by atoms with Crippen molar-refractivity contribution in [2.45, 2.75) is 19.8 Å². The first-order valence-electron chi connectivity index (χ1n) is 5.01. The molecule has 0 spiro atoms. The van der Waals surface area contributed by atoms with Gasteiger partial charge in [-0.25, -0.2) is 4.98 Å². The molecule has 0 amide bonds. The number of hydrogen-bond acceptors (Lipinski definition) is 5. The normalized spacial score (nSPS) is 10.9. The van der Waals surface area contributed by atoms with Gasteiger partial charge in [-0.15, -0.1) is 0 Å². The second kappa shape index (κ2) is 3.80. The van der Waals surface area contributed by atoms with Crippen LogP contribution in [0.15, 0.2) is 12.3 Å². The van der Waals surface area contributed by atoms with Gasteiger partial charge in [0.1, 0.15) is 5.82 Å². The summed E-state index contributed by atoms with van der Waals surface area (Å²) in [7, 11) is 0. The quantitative estimate of drug-likeness (QED) is 0.701. The van der Waals surface area contributed by atoms with E-state index >= 15 is 0 Å². The average Bonchev–Trinajstić information content (AvgIpc) is 2.66. The number of nitrogen functional groups attached to an aromatic ring is 2. The van der Waals surface area contributed by atoms with Crippen LogP contribution in [0.5, 0.6) is 0 Å². The highest BCUT2D eigenvalue weighted by Gasteiger charge is 2.10. The SMILES string of the molecule is CC(C)c1cc(-c2cnc(N)nc2N)n[nH]1. The van der Waals surface area contributed by atoms with E-state index in [0.29, 0.717) is 17.3 Å². The summed E-state index contributed by atoms with van der Waals surface area (Å²) in [4.78, 5) is 7.80. The maximum absolute atomic E-state index is 5.75. The minimum atomic E-state index is 0.167. The Morgan fingerprint density at radius 2 is 2.06 bits per heavy atom. The third-order valence-electron chi connectivity index (χ3n) is 2.33. The molecule has 2 heterocycles. The molecular formula is C10H14N6. The van der Waals surface area contributed by atoms with Gasteiger partial charge in [-0.1, -0.05) is 13.8 Å². The highest BCUT2D eigenvalue weighted by Crippen LogP contribution is 2.24. The fraction of sp³-hybridized carbons (Fsp3) is 0.300. The number of nitrogens with zero attached hydrogens (tertiary/aromatic N) is 3. The maximum atomic E-state index is 5.75. The molecule has 0 saturated carbocycles. The fourth-order valence-electron chi connectivity index (χ4n) is 1.38. The van der Waals surface area contributed by atoms with E-state index in [0.717, 1.165) is 11.4 Å². The second-order valence-corrected chi connectivity index (χ2v) is 3.89. The van der Waals surface area contributed by atoms with Gasteiger partial charge in [-0.2, -0.15) is 10.1 Å². The minimum Gasteiger partial charge on any atom is -0.383 e. The molecule has 5 N–H and O–H groups in total. The molecule has 6 nitrogen and oxygen atoms in total. The summed E-state index contributed by atoms with van der Waals surface area (Å²) in [5, 5.41) is 7.13. The molecule has 6 heteroatoms. The number of nitrogens with one attached hydrogen (secondary N) is 1. The summed E-state index contributed by atoms with van der Waals surface area (Å²) in [5.41, 5.74) is 13.7. The molecule has 2 aromatic heterocycles. The molecule has 0 aliphatic rings. The van der Waals surface area contributed by atoms with Crippen LogP contribution in [0.3, 0.4) is 0 Å². The molecule has 16 heavy (non-hydrogen) atoms. The van der Waals surface area contributed by atoms with Crippen molar-refractivity contribution in [3.8, 4) is 11.3 Å². The highest BCUT2D eigenvalue weighted by molar-refractivity contribution is 5.70. The smallest absolute Gasteiger partial charge is 0.221 e. The fourth-order valence-corrected chi connectivity index (χ4v) is 1.38. The predicted octanol–water partition coefficient (Wildman–Crippen LogP) is 1.15. The molecule has 2 aromatic rings. The third-order valence-corrected chi connectivity index (χ3v) is 2.33. The maximum Gasteiger partial charge on any atom is 0.221 e. The monoisotopic (exact) mass is 218 g/mol. The molecule has 0 saturated heterocycles. The van der Waals surface area contributed by atoms with Crippen LogP contribution in [0.4, 0.5) is 11.8 Å². The van der Waals surface area contributed by atoms with E-state index in [4.69, 9.17) is 11.5 Å². The summed E-state index contributed by atoms with van der Waals surface area (Å²) in [6.45, 7) is 4.17. The van der Waals surface area contributed by atoms with Crippen molar-refractivity contribution in [3.05, 3.63) is 18.0 Å². The van der Waals surface area contributed by atoms with E-state index in [9.17, 15) is 0 Å². The zero-order valence-corrected chi connectivity index (χ0v) is 9.23. The number of aromatic amines is 1. The van der Waals surface area contributed by atoms with Crippen molar-refractivity contribution in [2.75, 3.05) is 11.5 Å². The largest absolute Gasteiger partial charge is 0.383 e. The van der Waals surface area contributed by atoms with Crippen LogP contribution in [-0.4, -0.2) is 20.2 Å². The molecular weight excluding hydrogens is 204 g/mol. The van der Waals surface area contributed by atoms with Gasteiger partial charge < -0.3 is 11.5 Å². The van der Waals surface area contributed by atoms with Crippen LogP contribution in [0.1, 0.15) is 25.5 Å². The van der Waals surface area contributed by atoms with Crippen molar-refractivity contribution < 1.29 is 0 Å². The number of nitrogens with two attached hydrogens (primary N) is 2. The van der Waals surface area contributed by atoms with Gasteiger partial charge in [-0.3, -0.25) is 5.10 Å². The number of hydrogen-bond donors (Lipinski definition) is 3. The first kappa shape index (κ1) is 10.4. The number of anilines is 2. The first-order chi connectivity index (χ1) is 7.58. The Balaban J connectivity index is 2.42. The summed E-state index contributed by atoms with van der Waals surface area (Å²) in [5.74, 6) is 0.896. The van der Waals surface area contributed by atoms with E-state index < -0.39 is 0 Å². The van der Waals surface area contributed by atoms with Crippen molar-refractivity contribution in [2.24, 2.45) is 0 Å². The molecule has 2 rings (SSSR count). The number of aromatic nitrogens is 4. The Labute approximate surface area is 93.1 Å². The Bertz CT molecular complexity index is 502. The molecule has 0 atom stereocenters. The molecule has 84 valence electrons. The second-order valence-electron chi connectivity index (χ2n) is 3.89. The Morgan fingerprint density at radius 1 is 1.31 bits per heavy atom. The topological polar surface area (TPSA) is 106 Å². The molecule has 0 radical (unpaired) electrons. The highest BCUT2D eigenvalue weighted by atomic mass is 15.1. The van der Waals surface area contributed by atoms with Gasteiger partial charge in [0.2, 0.25) is 5.95 Å². The Morgan fingerprint density at radius 3 is 2.62 bits per heavy atom.